The summed E-state index contributed by atoms with van der Waals surface area (Å²) in [5.74, 6) is -2.51. The highest BCUT2D eigenvalue weighted by Gasteiger charge is 2.48. The maximum Gasteiger partial charge on any atom is 0.228 e. The minimum Gasteiger partial charge on any atom is -0.486 e. The Morgan fingerprint density at radius 3 is 2.07 bits per heavy atom. The average molecular weight is 374 g/mol. The molecule has 27 heavy (non-hydrogen) atoms. The Bertz CT molecular complexity index is 919. The van der Waals surface area contributed by atoms with Crippen molar-refractivity contribution in [2.75, 3.05) is 23.8 Å². The van der Waals surface area contributed by atoms with E-state index in [1.165, 1.54) is 6.07 Å². The monoisotopic (exact) mass is 374 g/mol. The molecule has 1 aliphatic carbocycles. The van der Waals surface area contributed by atoms with Gasteiger partial charge in [0, 0.05) is 23.5 Å². The normalized spacial score (nSPS) is 19.9. The van der Waals surface area contributed by atoms with Crippen molar-refractivity contribution < 1.29 is 27.8 Å². The third-order valence-corrected chi connectivity index (χ3v) is 4.46. The summed E-state index contributed by atoms with van der Waals surface area (Å²) < 4.78 is 37.0. The molecule has 140 valence electrons. The lowest BCUT2D eigenvalue weighted by Crippen LogP contribution is -2.21. The molecule has 0 bridgehead atoms. The van der Waals surface area contributed by atoms with Crippen LogP contribution in [0, 0.1) is 23.5 Å². The number of halogens is 2. The predicted octanol–water partition coefficient (Wildman–Crippen LogP) is 2.95. The van der Waals surface area contributed by atoms with Crippen molar-refractivity contribution in [1.82, 2.24) is 0 Å². The van der Waals surface area contributed by atoms with E-state index < -0.39 is 29.4 Å². The van der Waals surface area contributed by atoms with Gasteiger partial charge >= 0.3 is 0 Å². The molecule has 0 spiro atoms. The second-order valence-electron chi connectivity index (χ2n) is 6.41. The molecule has 2 aromatic rings. The van der Waals surface area contributed by atoms with Gasteiger partial charge in [0.2, 0.25) is 11.8 Å². The van der Waals surface area contributed by atoms with Crippen LogP contribution in [-0.2, 0) is 9.59 Å². The number of hydrogen-bond donors (Lipinski definition) is 2. The predicted molar refractivity (Wildman–Crippen MR) is 92.6 cm³/mol. The first-order chi connectivity index (χ1) is 13.0. The molecule has 2 N–H and O–H groups in total. The van der Waals surface area contributed by atoms with Crippen LogP contribution in [0.15, 0.2) is 36.4 Å². The maximum atomic E-state index is 13.2. The molecular weight excluding hydrogens is 358 g/mol. The van der Waals surface area contributed by atoms with Crippen LogP contribution in [-0.4, -0.2) is 25.0 Å². The summed E-state index contributed by atoms with van der Waals surface area (Å²) in [6, 6.07) is 8.19. The van der Waals surface area contributed by atoms with Crippen LogP contribution in [0.4, 0.5) is 20.2 Å². The van der Waals surface area contributed by atoms with Crippen LogP contribution in [0.25, 0.3) is 0 Å². The molecule has 0 radical (unpaired) electrons. The summed E-state index contributed by atoms with van der Waals surface area (Å²) in [6.45, 7) is 0.925. The molecular formula is C19H16F2N2O4. The summed E-state index contributed by atoms with van der Waals surface area (Å²) in [5, 5.41) is 5.25. The van der Waals surface area contributed by atoms with Crippen molar-refractivity contribution in [2.24, 2.45) is 11.8 Å². The number of benzene rings is 2. The van der Waals surface area contributed by atoms with Crippen LogP contribution < -0.4 is 20.1 Å². The van der Waals surface area contributed by atoms with E-state index in [4.69, 9.17) is 9.47 Å². The smallest absolute Gasteiger partial charge is 0.228 e. The van der Waals surface area contributed by atoms with Crippen LogP contribution in [0.5, 0.6) is 11.5 Å². The SMILES string of the molecule is O=C(Nc1ccc(F)c(F)c1)C1CC1C(=O)Nc1ccc2c(c1)OCCO2. The van der Waals surface area contributed by atoms with Gasteiger partial charge in [-0.05, 0) is 30.7 Å². The molecule has 2 amide bonds. The zero-order chi connectivity index (χ0) is 19.0. The Balaban J connectivity index is 1.34. The molecule has 1 aliphatic heterocycles. The number of carbonyl (C=O) groups is 2. The Hall–Kier alpha value is -3.16. The van der Waals surface area contributed by atoms with Crippen molar-refractivity contribution in [3.63, 3.8) is 0 Å². The van der Waals surface area contributed by atoms with E-state index in [-0.39, 0.29) is 11.6 Å². The molecule has 1 fully saturated rings. The first-order valence-corrected chi connectivity index (χ1v) is 8.48. The molecule has 0 saturated heterocycles. The minimum atomic E-state index is -1.04. The van der Waals surface area contributed by atoms with Crippen molar-refractivity contribution in [1.29, 1.82) is 0 Å². The van der Waals surface area contributed by atoms with Crippen molar-refractivity contribution in [3.8, 4) is 11.5 Å². The first kappa shape index (κ1) is 17.3. The summed E-state index contributed by atoms with van der Waals surface area (Å²) >= 11 is 0. The number of anilines is 2. The summed E-state index contributed by atoms with van der Waals surface area (Å²) in [5.41, 5.74) is 0.702. The van der Waals surface area contributed by atoms with E-state index in [9.17, 15) is 18.4 Å². The lowest BCUT2D eigenvalue weighted by molar-refractivity contribution is -0.122. The summed E-state index contributed by atoms with van der Waals surface area (Å²) in [4.78, 5) is 24.5. The molecule has 4 rings (SSSR count). The van der Waals surface area contributed by atoms with Gasteiger partial charge in [-0.1, -0.05) is 0 Å². The fourth-order valence-corrected chi connectivity index (χ4v) is 2.94. The van der Waals surface area contributed by atoms with Gasteiger partial charge in [-0.3, -0.25) is 9.59 Å². The second-order valence-corrected chi connectivity index (χ2v) is 6.41. The van der Waals surface area contributed by atoms with E-state index in [1.54, 1.807) is 18.2 Å². The fourth-order valence-electron chi connectivity index (χ4n) is 2.94. The van der Waals surface area contributed by atoms with Gasteiger partial charge in [-0.2, -0.15) is 0 Å². The number of amides is 2. The van der Waals surface area contributed by atoms with E-state index in [0.717, 1.165) is 12.1 Å². The van der Waals surface area contributed by atoms with Gasteiger partial charge in [-0.25, -0.2) is 8.78 Å². The maximum absolute atomic E-state index is 13.2. The van der Waals surface area contributed by atoms with Gasteiger partial charge in [0.15, 0.2) is 23.1 Å². The number of rotatable bonds is 4. The number of nitrogens with one attached hydrogen (secondary N) is 2. The quantitative estimate of drug-likeness (QED) is 0.863. The van der Waals surface area contributed by atoms with Crippen LogP contribution in [0.1, 0.15) is 6.42 Å². The Kier molecular flexibility index (Phi) is 4.39. The number of carbonyl (C=O) groups excluding carboxylic acids is 2. The highest BCUT2D eigenvalue weighted by atomic mass is 19.2. The van der Waals surface area contributed by atoms with E-state index in [1.807, 2.05) is 0 Å². The van der Waals surface area contributed by atoms with Crippen molar-refractivity contribution in [3.05, 3.63) is 48.0 Å². The summed E-state index contributed by atoms with van der Waals surface area (Å²) in [7, 11) is 0. The molecule has 2 aromatic carbocycles. The number of fused-ring (bicyclic) bond motifs is 1. The fraction of sp³-hybridized carbons (Fsp3) is 0.263. The van der Waals surface area contributed by atoms with Gasteiger partial charge in [-0.15, -0.1) is 0 Å². The summed E-state index contributed by atoms with van der Waals surface area (Å²) in [6.07, 6.45) is 0.395. The van der Waals surface area contributed by atoms with Crippen LogP contribution >= 0.6 is 0 Å². The van der Waals surface area contributed by atoms with Gasteiger partial charge in [0.25, 0.3) is 0 Å². The lowest BCUT2D eigenvalue weighted by Gasteiger charge is -2.19. The molecule has 2 unspecified atom stereocenters. The highest BCUT2D eigenvalue weighted by molar-refractivity contribution is 6.03. The van der Waals surface area contributed by atoms with Crippen LogP contribution in [0.3, 0.4) is 0 Å². The molecule has 8 heteroatoms. The third-order valence-electron chi connectivity index (χ3n) is 4.46. The average Bonchev–Trinajstić information content (AvgIpc) is 3.46. The molecule has 1 saturated carbocycles. The molecule has 1 heterocycles. The van der Waals surface area contributed by atoms with E-state index in [0.29, 0.717) is 36.8 Å². The Morgan fingerprint density at radius 2 is 1.41 bits per heavy atom. The van der Waals surface area contributed by atoms with Gasteiger partial charge < -0.3 is 20.1 Å². The van der Waals surface area contributed by atoms with E-state index in [2.05, 4.69) is 10.6 Å². The standard InChI is InChI=1S/C19H16F2N2O4/c20-14-3-1-10(7-15(14)21)22-18(24)12-9-13(12)19(25)23-11-2-4-16-17(8-11)27-6-5-26-16/h1-4,7-8,12-13H,5-6,9H2,(H,22,24)(H,23,25). The second kappa shape index (κ2) is 6.86. The first-order valence-electron chi connectivity index (χ1n) is 8.48. The number of hydrogen-bond acceptors (Lipinski definition) is 4. The van der Waals surface area contributed by atoms with Crippen LogP contribution in [0.2, 0.25) is 0 Å². The largest absolute Gasteiger partial charge is 0.486 e. The molecule has 0 aromatic heterocycles. The zero-order valence-electron chi connectivity index (χ0n) is 14.1. The minimum absolute atomic E-state index is 0.150. The zero-order valence-corrected chi connectivity index (χ0v) is 14.1. The topological polar surface area (TPSA) is 76.7 Å². The van der Waals surface area contributed by atoms with Crippen molar-refractivity contribution >= 4 is 23.2 Å². The lowest BCUT2D eigenvalue weighted by atomic mass is 10.2. The van der Waals surface area contributed by atoms with E-state index >= 15 is 0 Å². The molecule has 6 nitrogen and oxygen atoms in total. The Labute approximate surface area is 153 Å². The van der Waals surface area contributed by atoms with Gasteiger partial charge in [0.1, 0.15) is 13.2 Å². The van der Waals surface area contributed by atoms with Gasteiger partial charge in [0.05, 0.1) is 11.8 Å². The molecule has 2 aliphatic rings. The Morgan fingerprint density at radius 1 is 0.815 bits per heavy atom. The third kappa shape index (κ3) is 3.69. The molecule has 2 atom stereocenters. The highest BCUT2D eigenvalue weighted by Crippen LogP contribution is 2.41. The number of ether oxygens (including phenoxy) is 2. The van der Waals surface area contributed by atoms with Crippen molar-refractivity contribution in [2.45, 2.75) is 6.42 Å².